The van der Waals surface area contributed by atoms with Gasteiger partial charge in [-0.2, -0.15) is 0 Å². The molecule has 0 aliphatic carbocycles. The maximum atomic E-state index is 8.83. The molecule has 0 fully saturated rings. The predicted octanol–water partition coefficient (Wildman–Crippen LogP) is 11.8. The van der Waals surface area contributed by atoms with Crippen molar-refractivity contribution in [3.63, 3.8) is 0 Å². The minimum Gasteiger partial charge on any atom is -0.455 e. The van der Waals surface area contributed by atoms with Crippen LogP contribution in [0.2, 0.25) is 0 Å². The lowest BCUT2D eigenvalue weighted by atomic mass is 9.95. The molecule has 49 heavy (non-hydrogen) atoms. The van der Waals surface area contributed by atoms with Crippen molar-refractivity contribution < 1.29 is 18.1 Å². The molecule has 0 aliphatic rings. The first-order valence-corrected chi connectivity index (χ1v) is 15.5. The molecule has 0 unspecified atom stereocenters. The lowest BCUT2D eigenvalue weighted by Gasteiger charge is -2.09. The zero-order valence-corrected chi connectivity index (χ0v) is 25.7. The Kier molecular flexibility index (Phi) is 4.94. The molecular weight excluding hydrogens is 599 g/mol. The molecular formula is C45H29N3O. The Balaban J connectivity index is 1.26. The molecule has 4 heteroatoms. The summed E-state index contributed by atoms with van der Waals surface area (Å²) in [6, 6.07) is 30.8. The maximum Gasteiger partial charge on any atom is 0.164 e. The average molecular weight is 638 g/mol. The average Bonchev–Trinajstić information content (AvgIpc) is 3.65. The van der Waals surface area contributed by atoms with Crippen molar-refractivity contribution in [3.8, 4) is 67.5 Å². The molecule has 2 aromatic heterocycles. The van der Waals surface area contributed by atoms with Crippen molar-refractivity contribution in [2.24, 2.45) is 0 Å². The summed E-state index contributed by atoms with van der Waals surface area (Å²) in [6.07, 6.45) is 0. The second-order valence-electron chi connectivity index (χ2n) is 11.3. The fourth-order valence-corrected chi connectivity index (χ4v) is 5.92. The van der Waals surface area contributed by atoms with Crippen LogP contribution >= 0.6 is 0 Å². The van der Waals surface area contributed by atoms with Gasteiger partial charge in [-0.25, -0.2) is 15.0 Å². The van der Waals surface area contributed by atoms with E-state index in [-0.39, 0.29) is 27.8 Å². The van der Waals surface area contributed by atoms with Crippen molar-refractivity contribution >= 4 is 21.9 Å². The van der Waals surface area contributed by atoms with E-state index in [0.717, 1.165) is 22.3 Å². The molecule has 4 nitrogen and oxygen atoms in total. The highest BCUT2D eigenvalue weighted by molar-refractivity contribution is 6.12. The van der Waals surface area contributed by atoms with E-state index >= 15 is 0 Å². The first kappa shape index (κ1) is 19.9. The van der Waals surface area contributed by atoms with Crippen LogP contribution in [0.25, 0.3) is 89.5 Å². The molecule has 0 saturated carbocycles. The van der Waals surface area contributed by atoms with Gasteiger partial charge in [-0.3, -0.25) is 0 Å². The number of nitrogens with zero attached hydrogens (tertiary/aromatic N) is 3. The third-order valence-corrected chi connectivity index (χ3v) is 8.31. The lowest BCUT2D eigenvalue weighted by Crippen LogP contribution is -2.00. The zero-order valence-electron chi connectivity index (χ0n) is 35.7. The highest BCUT2D eigenvalue weighted by atomic mass is 16.3. The number of aromatic nitrogens is 3. The summed E-state index contributed by atoms with van der Waals surface area (Å²) < 4.78 is 91.4. The largest absolute Gasteiger partial charge is 0.455 e. The third kappa shape index (κ3) is 5.45. The molecule has 0 amide bonds. The van der Waals surface area contributed by atoms with Crippen LogP contribution in [0.1, 0.15) is 13.7 Å². The van der Waals surface area contributed by atoms with E-state index in [0.29, 0.717) is 39.4 Å². The molecule has 0 spiro atoms. The second kappa shape index (κ2) is 12.2. The Morgan fingerprint density at radius 1 is 0.388 bits per heavy atom. The van der Waals surface area contributed by atoms with Gasteiger partial charge in [0.05, 0.1) is 13.7 Å². The van der Waals surface area contributed by atoms with Crippen molar-refractivity contribution in [1.82, 2.24) is 15.0 Å². The van der Waals surface area contributed by atoms with E-state index in [2.05, 4.69) is 0 Å². The predicted molar refractivity (Wildman–Crippen MR) is 200 cm³/mol. The molecule has 0 atom stereocenters. The topological polar surface area (TPSA) is 51.8 Å². The van der Waals surface area contributed by atoms with Crippen LogP contribution < -0.4 is 0 Å². The fourth-order valence-electron chi connectivity index (χ4n) is 5.92. The third-order valence-electron chi connectivity index (χ3n) is 8.31. The van der Waals surface area contributed by atoms with Gasteiger partial charge in [-0.1, -0.05) is 151 Å². The van der Waals surface area contributed by atoms with Crippen LogP contribution in [0.4, 0.5) is 0 Å². The summed E-state index contributed by atoms with van der Waals surface area (Å²) in [4.78, 5) is 14.6. The Morgan fingerprint density at radius 2 is 0.898 bits per heavy atom. The Labute approximate surface area is 298 Å². The van der Waals surface area contributed by atoms with Gasteiger partial charge in [-0.05, 0) is 52.1 Å². The molecule has 0 bridgehead atoms. The van der Waals surface area contributed by atoms with Crippen molar-refractivity contribution in [2.45, 2.75) is 0 Å². The summed E-state index contributed by atoms with van der Waals surface area (Å²) in [7, 11) is 0. The van der Waals surface area contributed by atoms with Gasteiger partial charge in [0.25, 0.3) is 0 Å². The van der Waals surface area contributed by atoms with Crippen LogP contribution in [-0.4, -0.2) is 15.0 Å². The molecule has 9 rings (SSSR count). The molecule has 0 aliphatic heterocycles. The number of hydrogen-bond donors (Lipinski definition) is 0. The van der Waals surface area contributed by atoms with E-state index in [9.17, 15) is 0 Å². The summed E-state index contributed by atoms with van der Waals surface area (Å²) in [5, 5.41) is 0.984. The minimum absolute atomic E-state index is 0.0897. The van der Waals surface area contributed by atoms with E-state index in [1.165, 1.54) is 6.07 Å². The van der Waals surface area contributed by atoms with Crippen LogP contribution in [0, 0.1) is 0 Å². The molecule has 230 valence electrons. The number of hydrogen-bond acceptors (Lipinski definition) is 4. The van der Waals surface area contributed by atoms with Crippen LogP contribution in [0.5, 0.6) is 0 Å². The van der Waals surface area contributed by atoms with E-state index < -0.39 is 60.4 Å². The van der Waals surface area contributed by atoms with Gasteiger partial charge in [0.1, 0.15) is 11.2 Å². The Morgan fingerprint density at radius 3 is 1.55 bits per heavy atom. The maximum absolute atomic E-state index is 8.83. The molecule has 7 aromatic carbocycles. The van der Waals surface area contributed by atoms with Gasteiger partial charge >= 0.3 is 0 Å². The summed E-state index contributed by atoms with van der Waals surface area (Å²) in [6.45, 7) is 0. The fraction of sp³-hybridized carbons (Fsp3) is 0. The van der Waals surface area contributed by atoms with Crippen molar-refractivity contribution in [3.05, 3.63) is 176 Å². The SMILES string of the molecule is [2H]c1c([2H])c([2H])c(-c2cc(-c3c([2H])c([2H])c([2H])c([2H])c3[2H])c3oc4cc(-c5nc(-c6ccccc6)nc(-c6ccc(-c7ccccc7)cc6)n5)ccc4c3c2)c([2H])c1[2H]. The Hall–Kier alpha value is -6.65. The first-order valence-electron chi connectivity index (χ1n) is 20.5. The van der Waals surface area contributed by atoms with Crippen LogP contribution in [0.15, 0.2) is 180 Å². The van der Waals surface area contributed by atoms with Crippen LogP contribution in [0.3, 0.4) is 0 Å². The number of furan rings is 1. The Bertz CT molecular complexity index is 3100. The monoisotopic (exact) mass is 637 g/mol. The molecule has 0 radical (unpaired) electrons. The van der Waals surface area contributed by atoms with Gasteiger partial charge in [-0.15, -0.1) is 0 Å². The standard InChI is InChI=1S/C45H29N3O/c1-5-13-30(14-6-1)32-21-23-35(24-22-32)44-46-43(34-19-11-4-12-20-34)47-45(48-44)36-25-26-38-40-28-37(31-15-7-2-8-16-31)27-39(33-17-9-3-10-18-33)42(40)49-41(38)29-36/h1-29H/i2D,3D,7D,8D,9D,10D,15D,16D,17D,18D. The van der Waals surface area contributed by atoms with E-state index in [4.69, 9.17) is 33.1 Å². The highest BCUT2D eigenvalue weighted by Gasteiger charge is 2.18. The normalized spacial score (nSPS) is 14.1. The van der Waals surface area contributed by atoms with Gasteiger partial charge < -0.3 is 4.42 Å². The smallest absolute Gasteiger partial charge is 0.164 e. The summed E-state index contributed by atoms with van der Waals surface area (Å²) in [5.41, 5.74) is 4.77. The highest BCUT2D eigenvalue weighted by Crippen LogP contribution is 2.40. The van der Waals surface area contributed by atoms with Gasteiger partial charge in [0.15, 0.2) is 17.5 Å². The van der Waals surface area contributed by atoms with Crippen molar-refractivity contribution in [2.75, 3.05) is 0 Å². The molecule has 0 N–H and O–H groups in total. The summed E-state index contributed by atoms with van der Waals surface area (Å²) in [5.74, 6) is 1.26. The molecule has 2 heterocycles. The molecule has 9 aromatic rings. The number of benzene rings is 7. The quantitative estimate of drug-likeness (QED) is 0.182. The zero-order chi connectivity index (χ0) is 41.3. The number of fused-ring (bicyclic) bond motifs is 3. The number of rotatable bonds is 6. The van der Waals surface area contributed by atoms with Crippen molar-refractivity contribution in [1.29, 1.82) is 0 Å². The lowest BCUT2D eigenvalue weighted by molar-refractivity contribution is 0.670. The van der Waals surface area contributed by atoms with Crippen LogP contribution in [-0.2, 0) is 0 Å². The summed E-state index contributed by atoms with van der Waals surface area (Å²) >= 11 is 0. The van der Waals surface area contributed by atoms with Gasteiger partial charge in [0, 0.05) is 33.0 Å². The van der Waals surface area contributed by atoms with Gasteiger partial charge in [0.2, 0.25) is 0 Å². The molecule has 0 saturated heterocycles. The minimum atomic E-state index is -0.574. The van der Waals surface area contributed by atoms with E-state index in [1.807, 2.05) is 91.0 Å². The second-order valence-corrected chi connectivity index (χ2v) is 11.3. The first-order chi connectivity index (χ1) is 28.4. The van der Waals surface area contributed by atoms with E-state index in [1.54, 1.807) is 18.2 Å².